The van der Waals surface area contributed by atoms with Gasteiger partial charge in [0.05, 0.1) is 12.0 Å². The Morgan fingerprint density at radius 3 is 2.69 bits per heavy atom. The van der Waals surface area contributed by atoms with Crippen LogP contribution in [0.5, 0.6) is 0 Å². The fourth-order valence-electron chi connectivity index (χ4n) is 2.75. The lowest BCUT2D eigenvalue weighted by atomic mass is 9.95. The summed E-state index contributed by atoms with van der Waals surface area (Å²) in [5, 5.41) is 12.2. The lowest BCUT2D eigenvalue weighted by molar-refractivity contribution is 0.417. The van der Waals surface area contributed by atoms with Crippen molar-refractivity contribution in [2.24, 2.45) is 11.8 Å². The smallest absolute Gasteiger partial charge is 0.0669 e. The van der Waals surface area contributed by atoms with E-state index in [4.69, 9.17) is 5.26 Å². The molecule has 2 rings (SSSR count). The molecule has 1 aliphatic heterocycles. The number of nitrogens with one attached hydrogen (secondary N) is 1. The number of nitriles is 1. The largest absolute Gasteiger partial charge is 0.313 e. The van der Waals surface area contributed by atoms with Gasteiger partial charge in [-0.2, -0.15) is 5.26 Å². The standard InChI is InChI=1S/C11H18N2/c12-7-10-6-11(13-8-10)5-9-3-1-2-4-9/h9-11,13H,1-6,8H2. The number of nitrogens with zero attached hydrogens (tertiary/aromatic N) is 1. The van der Waals surface area contributed by atoms with Gasteiger partial charge in [-0.05, 0) is 18.8 Å². The molecule has 2 fully saturated rings. The Kier molecular flexibility index (Phi) is 2.85. The Balaban J connectivity index is 1.74. The second kappa shape index (κ2) is 4.11. The summed E-state index contributed by atoms with van der Waals surface area (Å²) in [6.45, 7) is 0.924. The number of rotatable bonds is 2. The average molecular weight is 178 g/mol. The zero-order valence-corrected chi connectivity index (χ0v) is 8.13. The van der Waals surface area contributed by atoms with E-state index in [9.17, 15) is 0 Å². The highest BCUT2D eigenvalue weighted by atomic mass is 14.9. The summed E-state index contributed by atoms with van der Waals surface area (Å²) < 4.78 is 0. The third-order valence-corrected chi connectivity index (χ3v) is 3.50. The summed E-state index contributed by atoms with van der Waals surface area (Å²) in [5.74, 6) is 1.24. The van der Waals surface area contributed by atoms with Crippen molar-refractivity contribution < 1.29 is 0 Å². The van der Waals surface area contributed by atoms with E-state index in [0.29, 0.717) is 6.04 Å². The van der Waals surface area contributed by atoms with Crippen molar-refractivity contribution in [2.75, 3.05) is 6.54 Å². The van der Waals surface area contributed by atoms with Gasteiger partial charge in [0.1, 0.15) is 0 Å². The molecule has 0 spiro atoms. The molecule has 0 aromatic heterocycles. The van der Waals surface area contributed by atoms with Crippen molar-refractivity contribution in [3.63, 3.8) is 0 Å². The highest BCUT2D eigenvalue weighted by Gasteiger charge is 2.27. The predicted molar refractivity (Wildman–Crippen MR) is 52.1 cm³/mol. The van der Waals surface area contributed by atoms with Gasteiger partial charge in [0.25, 0.3) is 0 Å². The molecule has 0 aromatic carbocycles. The van der Waals surface area contributed by atoms with Crippen LogP contribution in [0.3, 0.4) is 0 Å². The van der Waals surface area contributed by atoms with Crippen LogP contribution in [0.25, 0.3) is 0 Å². The van der Waals surface area contributed by atoms with Crippen LogP contribution < -0.4 is 5.32 Å². The van der Waals surface area contributed by atoms with E-state index >= 15 is 0 Å². The van der Waals surface area contributed by atoms with E-state index in [1.165, 1.54) is 32.1 Å². The molecule has 1 aliphatic carbocycles. The van der Waals surface area contributed by atoms with Crippen LogP contribution in [0.2, 0.25) is 0 Å². The maximum absolute atomic E-state index is 8.75. The molecule has 2 atom stereocenters. The molecule has 13 heavy (non-hydrogen) atoms. The highest BCUT2D eigenvalue weighted by molar-refractivity contribution is 4.94. The number of hydrogen-bond acceptors (Lipinski definition) is 2. The van der Waals surface area contributed by atoms with E-state index in [-0.39, 0.29) is 5.92 Å². The minimum Gasteiger partial charge on any atom is -0.313 e. The first-order valence-electron chi connectivity index (χ1n) is 5.51. The van der Waals surface area contributed by atoms with Crippen LogP contribution in [-0.2, 0) is 0 Å². The van der Waals surface area contributed by atoms with Gasteiger partial charge in [-0.1, -0.05) is 25.7 Å². The summed E-state index contributed by atoms with van der Waals surface area (Å²) in [5.41, 5.74) is 0. The normalized spacial score (nSPS) is 35.0. The molecule has 0 radical (unpaired) electrons. The van der Waals surface area contributed by atoms with Crippen molar-refractivity contribution in [3.05, 3.63) is 0 Å². The Morgan fingerprint density at radius 1 is 1.31 bits per heavy atom. The summed E-state index contributed by atoms with van der Waals surface area (Å²) in [7, 11) is 0. The third kappa shape index (κ3) is 2.22. The lowest BCUT2D eigenvalue weighted by Crippen LogP contribution is -2.23. The van der Waals surface area contributed by atoms with E-state index < -0.39 is 0 Å². The van der Waals surface area contributed by atoms with Crippen molar-refractivity contribution in [2.45, 2.75) is 44.6 Å². The fraction of sp³-hybridized carbons (Fsp3) is 0.909. The van der Waals surface area contributed by atoms with E-state index in [1.54, 1.807) is 0 Å². The van der Waals surface area contributed by atoms with Crippen molar-refractivity contribution >= 4 is 0 Å². The van der Waals surface area contributed by atoms with Crippen LogP contribution in [0.15, 0.2) is 0 Å². The summed E-state index contributed by atoms with van der Waals surface area (Å²) >= 11 is 0. The molecule has 1 saturated carbocycles. The first-order valence-corrected chi connectivity index (χ1v) is 5.51. The molecule has 2 heteroatoms. The molecule has 1 heterocycles. The van der Waals surface area contributed by atoms with Crippen LogP contribution in [-0.4, -0.2) is 12.6 Å². The summed E-state index contributed by atoms with van der Waals surface area (Å²) in [4.78, 5) is 0. The van der Waals surface area contributed by atoms with E-state index in [2.05, 4.69) is 11.4 Å². The van der Waals surface area contributed by atoms with E-state index in [0.717, 1.165) is 18.9 Å². The van der Waals surface area contributed by atoms with Gasteiger partial charge in [0.2, 0.25) is 0 Å². The third-order valence-electron chi connectivity index (χ3n) is 3.50. The zero-order valence-electron chi connectivity index (χ0n) is 8.13. The molecule has 72 valence electrons. The molecule has 1 saturated heterocycles. The Bertz CT molecular complexity index is 201. The Hall–Kier alpha value is -0.550. The van der Waals surface area contributed by atoms with Gasteiger partial charge in [0, 0.05) is 12.6 Å². The molecule has 1 N–H and O–H groups in total. The van der Waals surface area contributed by atoms with Gasteiger partial charge in [-0.15, -0.1) is 0 Å². The quantitative estimate of drug-likeness (QED) is 0.702. The Morgan fingerprint density at radius 2 is 2.08 bits per heavy atom. The molecular formula is C11H18N2. The molecule has 2 aliphatic rings. The summed E-state index contributed by atoms with van der Waals surface area (Å²) in [6.07, 6.45) is 8.12. The summed E-state index contributed by atoms with van der Waals surface area (Å²) in [6, 6.07) is 3.00. The molecule has 0 aromatic rings. The first-order chi connectivity index (χ1) is 6.38. The maximum Gasteiger partial charge on any atom is 0.0669 e. The van der Waals surface area contributed by atoms with Crippen molar-refractivity contribution in [1.82, 2.24) is 5.32 Å². The first kappa shape index (κ1) is 9.02. The molecule has 2 nitrogen and oxygen atoms in total. The van der Waals surface area contributed by atoms with Crippen LogP contribution in [0, 0.1) is 23.2 Å². The lowest BCUT2D eigenvalue weighted by Gasteiger charge is -2.14. The average Bonchev–Trinajstić information content (AvgIpc) is 2.76. The monoisotopic (exact) mass is 178 g/mol. The molecular weight excluding hydrogens is 160 g/mol. The topological polar surface area (TPSA) is 35.8 Å². The predicted octanol–water partition coefficient (Wildman–Crippen LogP) is 2.07. The van der Waals surface area contributed by atoms with Crippen LogP contribution in [0.1, 0.15) is 38.5 Å². The van der Waals surface area contributed by atoms with Gasteiger partial charge < -0.3 is 5.32 Å². The minimum absolute atomic E-state index is 0.284. The second-order valence-corrected chi connectivity index (χ2v) is 4.55. The van der Waals surface area contributed by atoms with Gasteiger partial charge in [-0.25, -0.2) is 0 Å². The molecule has 0 amide bonds. The SMILES string of the molecule is N#CC1CNC(CC2CCCC2)C1. The Labute approximate surface area is 80.3 Å². The maximum atomic E-state index is 8.75. The van der Waals surface area contributed by atoms with Gasteiger partial charge in [0.15, 0.2) is 0 Å². The molecule has 0 bridgehead atoms. The number of hydrogen-bond donors (Lipinski definition) is 1. The molecule has 2 unspecified atom stereocenters. The zero-order chi connectivity index (χ0) is 9.10. The van der Waals surface area contributed by atoms with Crippen LogP contribution >= 0.6 is 0 Å². The van der Waals surface area contributed by atoms with Crippen molar-refractivity contribution in [3.8, 4) is 6.07 Å². The minimum atomic E-state index is 0.284. The van der Waals surface area contributed by atoms with Gasteiger partial charge >= 0.3 is 0 Å². The highest BCUT2D eigenvalue weighted by Crippen LogP contribution is 2.31. The van der Waals surface area contributed by atoms with Gasteiger partial charge in [-0.3, -0.25) is 0 Å². The second-order valence-electron chi connectivity index (χ2n) is 4.55. The fourth-order valence-corrected chi connectivity index (χ4v) is 2.75. The van der Waals surface area contributed by atoms with Crippen molar-refractivity contribution in [1.29, 1.82) is 5.26 Å². The van der Waals surface area contributed by atoms with Crippen LogP contribution in [0.4, 0.5) is 0 Å². The van der Waals surface area contributed by atoms with E-state index in [1.807, 2.05) is 0 Å².